The normalized spacial score (nSPS) is 19.2. The summed E-state index contributed by atoms with van der Waals surface area (Å²) in [5.74, 6) is 0.284. The first-order chi connectivity index (χ1) is 16.2. The van der Waals surface area contributed by atoms with E-state index in [1.807, 2.05) is 25.1 Å². The number of carbonyl (C=O) groups excluding carboxylic acids is 1. The Bertz CT molecular complexity index is 1080. The van der Waals surface area contributed by atoms with Crippen molar-refractivity contribution < 1.29 is 17.9 Å². The molecule has 0 saturated carbocycles. The van der Waals surface area contributed by atoms with Gasteiger partial charge in [-0.3, -0.25) is 4.79 Å². The van der Waals surface area contributed by atoms with E-state index in [4.69, 9.17) is 16.3 Å². The first-order valence-corrected chi connectivity index (χ1v) is 14.3. The SMILES string of the molecule is CCOCCCNC(=O)c1cc(S(=O)(=O)N2CC(C)CC(C)C2)ccc1Sc1cccc(Cl)c1. The number of benzene rings is 2. The summed E-state index contributed by atoms with van der Waals surface area (Å²) in [4.78, 5) is 14.8. The second-order valence-electron chi connectivity index (χ2n) is 8.79. The summed E-state index contributed by atoms with van der Waals surface area (Å²) in [7, 11) is -3.71. The number of rotatable bonds is 10. The zero-order chi connectivity index (χ0) is 24.7. The number of sulfonamides is 1. The summed E-state index contributed by atoms with van der Waals surface area (Å²) in [6.45, 7) is 8.68. The number of piperidine rings is 1. The lowest BCUT2D eigenvalue weighted by Gasteiger charge is -2.34. The fraction of sp³-hybridized carbons (Fsp3) is 0.480. The lowest BCUT2D eigenvalue weighted by atomic mass is 9.94. The smallest absolute Gasteiger partial charge is 0.252 e. The summed E-state index contributed by atoms with van der Waals surface area (Å²) in [5, 5.41) is 3.50. The second kappa shape index (κ2) is 12.4. The summed E-state index contributed by atoms with van der Waals surface area (Å²) in [6, 6.07) is 12.2. The van der Waals surface area contributed by atoms with E-state index in [0.29, 0.717) is 66.6 Å². The van der Waals surface area contributed by atoms with Crippen LogP contribution in [0.2, 0.25) is 5.02 Å². The first kappa shape index (κ1) is 27.0. The van der Waals surface area contributed by atoms with E-state index in [1.165, 1.54) is 17.8 Å². The molecule has 2 aromatic carbocycles. The average molecular weight is 525 g/mol. The standard InChI is InChI=1S/C25H33ClN2O4S2/c1-4-32-12-6-11-27-25(29)23-15-22(34(30,31)28-16-18(2)13-19(3)17-28)9-10-24(23)33-21-8-5-7-20(26)14-21/h5,7-10,14-15,18-19H,4,6,11-13,16-17H2,1-3H3,(H,27,29). The minimum atomic E-state index is -3.71. The van der Waals surface area contributed by atoms with Crippen LogP contribution in [0.3, 0.4) is 0 Å². The van der Waals surface area contributed by atoms with Crippen LogP contribution in [0.15, 0.2) is 57.2 Å². The molecule has 1 fully saturated rings. The molecule has 1 aliphatic rings. The van der Waals surface area contributed by atoms with Crippen LogP contribution < -0.4 is 5.32 Å². The molecule has 0 aromatic heterocycles. The Hall–Kier alpha value is -1.58. The fourth-order valence-electron chi connectivity index (χ4n) is 4.16. The predicted molar refractivity (Wildman–Crippen MR) is 137 cm³/mol. The van der Waals surface area contributed by atoms with Crippen molar-refractivity contribution in [2.24, 2.45) is 11.8 Å². The maximum absolute atomic E-state index is 13.5. The van der Waals surface area contributed by atoms with Crippen LogP contribution in [0, 0.1) is 11.8 Å². The van der Waals surface area contributed by atoms with Gasteiger partial charge in [-0.25, -0.2) is 8.42 Å². The van der Waals surface area contributed by atoms with Crippen molar-refractivity contribution in [1.29, 1.82) is 0 Å². The van der Waals surface area contributed by atoms with Crippen LogP contribution in [0.1, 0.15) is 44.0 Å². The summed E-state index contributed by atoms with van der Waals surface area (Å²) in [5.41, 5.74) is 0.334. The molecular weight excluding hydrogens is 492 g/mol. The van der Waals surface area contributed by atoms with E-state index in [-0.39, 0.29) is 10.8 Å². The van der Waals surface area contributed by atoms with Gasteiger partial charge in [0.15, 0.2) is 0 Å². The van der Waals surface area contributed by atoms with Gasteiger partial charge in [0.1, 0.15) is 0 Å². The van der Waals surface area contributed by atoms with Crippen LogP contribution in [0.4, 0.5) is 0 Å². The van der Waals surface area contributed by atoms with Crippen LogP contribution in [-0.2, 0) is 14.8 Å². The van der Waals surface area contributed by atoms with Crippen molar-refractivity contribution in [2.45, 2.75) is 48.3 Å². The zero-order valence-corrected chi connectivity index (χ0v) is 22.3. The minimum absolute atomic E-state index is 0.142. The van der Waals surface area contributed by atoms with E-state index >= 15 is 0 Å². The van der Waals surface area contributed by atoms with Crippen LogP contribution >= 0.6 is 23.4 Å². The number of hydrogen-bond donors (Lipinski definition) is 1. The van der Waals surface area contributed by atoms with Gasteiger partial charge in [0.25, 0.3) is 5.91 Å². The third-order valence-corrected chi connectivity index (χ3v) is 8.78. The third kappa shape index (κ3) is 7.21. The number of amides is 1. The van der Waals surface area contributed by atoms with E-state index in [2.05, 4.69) is 19.2 Å². The molecular formula is C25H33ClN2O4S2. The quantitative estimate of drug-likeness (QED) is 0.426. The predicted octanol–water partition coefficient (Wildman–Crippen LogP) is 5.31. The lowest BCUT2D eigenvalue weighted by Crippen LogP contribution is -2.42. The molecule has 1 amide bonds. The molecule has 2 unspecified atom stereocenters. The highest BCUT2D eigenvalue weighted by Crippen LogP contribution is 2.34. The highest BCUT2D eigenvalue weighted by Gasteiger charge is 2.32. The van der Waals surface area contributed by atoms with Gasteiger partial charge in [0.2, 0.25) is 10.0 Å². The van der Waals surface area contributed by atoms with Gasteiger partial charge in [-0.05, 0) is 68.0 Å². The maximum Gasteiger partial charge on any atom is 0.252 e. The summed E-state index contributed by atoms with van der Waals surface area (Å²) < 4.78 is 33.8. The molecule has 0 aliphatic carbocycles. The molecule has 1 heterocycles. The Labute approximate surface area is 212 Å². The highest BCUT2D eigenvalue weighted by molar-refractivity contribution is 7.99. The molecule has 1 aliphatic heterocycles. The molecule has 0 radical (unpaired) electrons. The third-order valence-electron chi connectivity index (χ3n) is 5.65. The van der Waals surface area contributed by atoms with Crippen molar-refractivity contribution in [1.82, 2.24) is 9.62 Å². The second-order valence-corrected chi connectivity index (χ2v) is 12.3. The molecule has 34 heavy (non-hydrogen) atoms. The Morgan fingerprint density at radius 1 is 1.18 bits per heavy atom. The molecule has 6 nitrogen and oxygen atoms in total. The van der Waals surface area contributed by atoms with Crippen molar-refractivity contribution in [3.63, 3.8) is 0 Å². The molecule has 3 rings (SSSR count). The van der Waals surface area contributed by atoms with Gasteiger partial charge in [-0.1, -0.05) is 43.3 Å². The van der Waals surface area contributed by atoms with E-state index in [1.54, 1.807) is 22.5 Å². The van der Waals surface area contributed by atoms with Gasteiger partial charge in [0.05, 0.1) is 10.5 Å². The van der Waals surface area contributed by atoms with Gasteiger partial charge in [-0.15, -0.1) is 0 Å². The van der Waals surface area contributed by atoms with Gasteiger partial charge in [0, 0.05) is 47.7 Å². The van der Waals surface area contributed by atoms with Crippen molar-refractivity contribution in [2.75, 3.05) is 32.8 Å². The first-order valence-electron chi connectivity index (χ1n) is 11.6. The Morgan fingerprint density at radius 3 is 2.59 bits per heavy atom. The van der Waals surface area contributed by atoms with Crippen LogP contribution in [-0.4, -0.2) is 51.5 Å². The molecule has 186 valence electrons. The number of ether oxygens (including phenoxy) is 1. The van der Waals surface area contributed by atoms with Gasteiger partial charge in [-0.2, -0.15) is 4.31 Å². The topological polar surface area (TPSA) is 75.7 Å². The van der Waals surface area contributed by atoms with Gasteiger partial charge >= 0.3 is 0 Å². The van der Waals surface area contributed by atoms with Crippen molar-refractivity contribution >= 4 is 39.3 Å². The van der Waals surface area contributed by atoms with Crippen LogP contribution in [0.5, 0.6) is 0 Å². The van der Waals surface area contributed by atoms with Gasteiger partial charge < -0.3 is 10.1 Å². The number of hydrogen-bond acceptors (Lipinski definition) is 5. The van der Waals surface area contributed by atoms with E-state index in [0.717, 1.165) is 11.3 Å². The molecule has 0 bridgehead atoms. The molecule has 9 heteroatoms. The Kier molecular flexibility index (Phi) is 9.85. The summed E-state index contributed by atoms with van der Waals surface area (Å²) in [6.07, 6.45) is 1.69. The summed E-state index contributed by atoms with van der Waals surface area (Å²) >= 11 is 7.51. The Morgan fingerprint density at radius 2 is 1.91 bits per heavy atom. The average Bonchev–Trinajstić information content (AvgIpc) is 2.78. The largest absolute Gasteiger partial charge is 0.382 e. The number of nitrogens with one attached hydrogen (secondary N) is 1. The number of nitrogens with zero attached hydrogens (tertiary/aromatic N) is 1. The van der Waals surface area contributed by atoms with Crippen LogP contribution in [0.25, 0.3) is 0 Å². The molecule has 1 N–H and O–H groups in total. The molecule has 1 saturated heterocycles. The van der Waals surface area contributed by atoms with Crippen molar-refractivity contribution in [3.8, 4) is 0 Å². The number of halogens is 1. The van der Waals surface area contributed by atoms with E-state index in [9.17, 15) is 13.2 Å². The molecule has 2 aromatic rings. The van der Waals surface area contributed by atoms with E-state index < -0.39 is 10.0 Å². The van der Waals surface area contributed by atoms with Crippen molar-refractivity contribution in [3.05, 3.63) is 53.1 Å². The lowest BCUT2D eigenvalue weighted by molar-refractivity contribution is 0.0941. The molecule has 0 spiro atoms. The molecule has 2 atom stereocenters. The highest BCUT2D eigenvalue weighted by atomic mass is 35.5. The zero-order valence-electron chi connectivity index (χ0n) is 19.9. The maximum atomic E-state index is 13.5. The fourth-order valence-corrected chi connectivity index (χ4v) is 7.11. The Balaban J connectivity index is 1.90. The minimum Gasteiger partial charge on any atom is -0.382 e. The monoisotopic (exact) mass is 524 g/mol. The number of carbonyl (C=O) groups is 1.